The van der Waals surface area contributed by atoms with Crippen molar-refractivity contribution in [2.24, 2.45) is 0 Å². The SMILES string of the molecule is CC(C)(SCc1ccccc1Cl)C(=O)[NH+]=CC1CCCc2ccccc21. The molecule has 2 nitrogen and oxygen atoms in total. The molecule has 4 heteroatoms. The van der Waals surface area contributed by atoms with Crippen LogP contribution in [0.4, 0.5) is 0 Å². The molecule has 0 spiro atoms. The Hall–Kier alpha value is -1.58. The van der Waals surface area contributed by atoms with Gasteiger partial charge in [-0.2, -0.15) is 4.99 Å². The molecule has 0 aromatic heterocycles. The number of amides is 1. The van der Waals surface area contributed by atoms with Crippen LogP contribution < -0.4 is 4.99 Å². The molecule has 0 radical (unpaired) electrons. The largest absolute Gasteiger partial charge is 0.400 e. The number of carbonyl (C=O) groups excluding carboxylic acids is 1. The maximum absolute atomic E-state index is 12.7. The van der Waals surface area contributed by atoms with Crippen LogP contribution in [0, 0.1) is 0 Å². The predicted octanol–water partition coefficient (Wildman–Crippen LogP) is 4.15. The lowest BCUT2D eigenvalue weighted by Gasteiger charge is -2.21. The smallest absolute Gasteiger partial charge is 0.218 e. The number of nitrogens with one attached hydrogen (secondary N) is 1. The Morgan fingerprint density at radius 3 is 2.77 bits per heavy atom. The maximum Gasteiger partial charge on any atom is 0.400 e. The van der Waals surface area contributed by atoms with Crippen molar-refractivity contribution in [1.82, 2.24) is 0 Å². The first-order valence-corrected chi connectivity index (χ1v) is 10.4. The molecule has 1 atom stereocenters. The Balaban J connectivity index is 1.65. The molecule has 0 saturated carbocycles. The Kier molecular flexibility index (Phi) is 6.20. The van der Waals surface area contributed by atoms with Crippen LogP contribution in [0.3, 0.4) is 0 Å². The van der Waals surface area contributed by atoms with Gasteiger partial charge in [0.1, 0.15) is 4.75 Å². The molecule has 2 aromatic carbocycles. The maximum atomic E-state index is 12.7. The highest BCUT2D eigenvalue weighted by atomic mass is 35.5. The Morgan fingerprint density at radius 2 is 1.96 bits per heavy atom. The van der Waals surface area contributed by atoms with Crippen molar-refractivity contribution in [3.05, 3.63) is 70.2 Å². The lowest BCUT2D eigenvalue weighted by atomic mass is 9.83. The average molecular weight is 387 g/mol. The van der Waals surface area contributed by atoms with Crippen LogP contribution in [0.25, 0.3) is 0 Å². The fourth-order valence-electron chi connectivity index (χ4n) is 3.25. The minimum absolute atomic E-state index is 0.0395. The van der Waals surface area contributed by atoms with E-state index in [0.717, 1.165) is 23.4 Å². The summed E-state index contributed by atoms with van der Waals surface area (Å²) in [6.07, 6.45) is 5.37. The molecular weight excluding hydrogens is 362 g/mol. The zero-order chi connectivity index (χ0) is 18.6. The lowest BCUT2D eigenvalue weighted by molar-refractivity contribution is -0.376. The first-order chi connectivity index (χ1) is 12.5. The van der Waals surface area contributed by atoms with Crippen molar-refractivity contribution in [3.8, 4) is 0 Å². The zero-order valence-corrected chi connectivity index (χ0v) is 16.9. The summed E-state index contributed by atoms with van der Waals surface area (Å²) < 4.78 is -0.524. The number of carbonyl (C=O) groups is 1. The van der Waals surface area contributed by atoms with Crippen LogP contribution in [0.1, 0.15) is 49.3 Å². The Morgan fingerprint density at radius 1 is 1.23 bits per heavy atom. The summed E-state index contributed by atoms with van der Waals surface area (Å²) in [7, 11) is 0. The van der Waals surface area contributed by atoms with Crippen molar-refractivity contribution >= 4 is 35.5 Å². The van der Waals surface area contributed by atoms with Crippen molar-refractivity contribution in [2.75, 3.05) is 0 Å². The zero-order valence-electron chi connectivity index (χ0n) is 15.3. The molecule has 0 aliphatic heterocycles. The van der Waals surface area contributed by atoms with Crippen LogP contribution in [-0.4, -0.2) is 16.9 Å². The van der Waals surface area contributed by atoms with E-state index in [2.05, 4.69) is 29.3 Å². The first kappa shape index (κ1) is 19.2. The normalized spacial score (nSPS) is 17.3. The fourth-order valence-corrected chi connectivity index (χ4v) is 4.49. The van der Waals surface area contributed by atoms with E-state index in [1.165, 1.54) is 17.5 Å². The number of fused-ring (bicyclic) bond motifs is 1. The molecule has 136 valence electrons. The molecule has 0 saturated heterocycles. The molecular formula is C22H25ClNOS+. The van der Waals surface area contributed by atoms with Crippen LogP contribution in [0.2, 0.25) is 5.02 Å². The third-order valence-electron chi connectivity index (χ3n) is 4.92. The monoisotopic (exact) mass is 386 g/mol. The second-order valence-electron chi connectivity index (χ2n) is 7.23. The van der Waals surface area contributed by atoms with Crippen molar-refractivity contribution in [3.63, 3.8) is 0 Å². The molecule has 26 heavy (non-hydrogen) atoms. The van der Waals surface area contributed by atoms with E-state index in [9.17, 15) is 4.79 Å². The van der Waals surface area contributed by atoms with Gasteiger partial charge in [-0.25, -0.2) is 4.79 Å². The summed E-state index contributed by atoms with van der Waals surface area (Å²) in [6.45, 7) is 3.93. The number of hydrogen-bond acceptors (Lipinski definition) is 2. The number of halogens is 1. The van der Waals surface area contributed by atoms with E-state index in [1.54, 1.807) is 11.8 Å². The summed E-state index contributed by atoms with van der Waals surface area (Å²) in [5.41, 5.74) is 3.81. The number of aryl methyl sites for hydroxylation is 1. The standard InChI is InChI=1S/C22H24ClNOS/c1-22(2,26-15-18-9-4-6-13-20(18)23)21(25)24-14-17-11-7-10-16-8-3-5-12-19(16)17/h3-6,8-9,12-14,17H,7,10-11,15H2,1-2H3/p+1. The quantitative estimate of drug-likeness (QED) is 0.782. The van der Waals surface area contributed by atoms with Gasteiger partial charge in [0.15, 0.2) is 6.21 Å². The predicted molar refractivity (Wildman–Crippen MR) is 111 cm³/mol. The Bertz CT molecular complexity index is 815. The summed E-state index contributed by atoms with van der Waals surface area (Å²) in [5, 5.41) is 0.751. The highest BCUT2D eigenvalue weighted by molar-refractivity contribution is 8.00. The second kappa shape index (κ2) is 8.41. The summed E-state index contributed by atoms with van der Waals surface area (Å²) in [6, 6.07) is 16.3. The second-order valence-corrected chi connectivity index (χ2v) is 9.23. The van der Waals surface area contributed by atoms with Crippen LogP contribution in [-0.2, 0) is 17.0 Å². The van der Waals surface area contributed by atoms with Gasteiger partial charge in [0.05, 0.1) is 5.92 Å². The number of rotatable bonds is 5. The van der Waals surface area contributed by atoms with Crippen LogP contribution in [0.15, 0.2) is 48.5 Å². The van der Waals surface area contributed by atoms with Gasteiger partial charge in [0, 0.05) is 10.8 Å². The van der Waals surface area contributed by atoms with Crippen molar-refractivity contribution in [1.29, 1.82) is 0 Å². The van der Waals surface area contributed by atoms with E-state index < -0.39 is 4.75 Å². The average Bonchev–Trinajstić information content (AvgIpc) is 2.65. The third-order valence-corrected chi connectivity index (χ3v) is 6.66. The molecule has 3 rings (SSSR count). The molecule has 2 aromatic rings. The van der Waals surface area contributed by atoms with Crippen LogP contribution >= 0.6 is 23.4 Å². The molecule has 0 bridgehead atoms. The third kappa shape index (κ3) is 4.57. The van der Waals surface area contributed by atoms with Gasteiger partial charge in [0.25, 0.3) is 0 Å². The highest BCUT2D eigenvalue weighted by Gasteiger charge is 2.33. The summed E-state index contributed by atoms with van der Waals surface area (Å²) in [4.78, 5) is 15.8. The minimum atomic E-state index is -0.524. The molecule has 1 unspecified atom stereocenters. The molecule has 0 fully saturated rings. The van der Waals surface area contributed by atoms with E-state index in [4.69, 9.17) is 11.6 Å². The van der Waals surface area contributed by atoms with E-state index >= 15 is 0 Å². The summed E-state index contributed by atoms with van der Waals surface area (Å²) >= 11 is 7.83. The van der Waals surface area contributed by atoms with E-state index in [-0.39, 0.29) is 5.91 Å². The highest BCUT2D eigenvalue weighted by Crippen LogP contribution is 2.31. The first-order valence-electron chi connectivity index (χ1n) is 9.07. The van der Waals surface area contributed by atoms with E-state index in [0.29, 0.717) is 11.7 Å². The van der Waals surface area contributed by atoms with Gasteiger partial charge < -0.3 is 0 Å². The number of thioether (sulfide) groups is 1. The lowest BCUT2D eigenvalue weighted by Crippen LogP contribution is -2.79. The Labute approximate surface area is 165 Å². The molecule has 1 aliphatic carbocycles. The van der Waals surface area contributed by atoms with Gasteiger partial charge >= 0.3 is 5.91 Å². The van der Waals surface area contributed by atoms with Gasteiger partial charge in [-0.1, -0.05) is 54.1 Å². The summed E-state index contributed by atoms with van der Waals surface area (Å²) in [5.74, 6) is 1.05. The number of benzene rings is 2. The molecule has 1 aliphatic rings. The molecule has 0 heterocycles. The van der Waals surface area contributed by atoms with E-state index in [1.807, 2.05) is 44.3 Å². The van der Waals surface area contributed by atoms with Gasteiger partial charge in [-0.15, -0.1) is 11.8 Å². The minimum Gasteiger partial charge on any atom is -0.218 e. The number of hydrogen-bond donors (Lipinski definition) is 1. The van der Waals surface area contributed by atoms with Gasteiger partial charge in [-0.3, -0.25) is 0 Å². The van der Waals surface area contributed by atoms with Crippen molar-refractivity contribution in [2.45, 2.75) is 49.5 Å². The fraction of sp³-hybridized carbons (Fsp3) is 0.364. The van der Waals surface area contributed by atoms with Crippen molar-refractivity contribution < 1.29 is 9.79 Å². The topological polar surface area (TPSA) is 31.0 Å². The molecule has 1 N–H and O–H groups in total. The van der Waals surface area contributed by atoms with Gasteiger partial charge in [-0.05, 0) is 55.9 Å². The van der Waals surface area contributed by atoms with Crippen LogP contribution in [0.5, 0.6) is 0 Å². The molecule has 1 amide bonds. The van der Waals surface area contributed by atoms with Gasteiger partial charge in [0.2, 0.25) is 0 Å².